The van der Waals surface area contributed by atoms with Crippen LogP contribution in [0.5, 0.6) is 0 Å². The maximum atomic E-state index is 12.1. The molecule has 7 heteroatoms. The van der Waals surface area contributed by atoms with Crippen molar-refractivity contribution >= 4 is 11.7 Å². The second kappa shape index (κ2) is 4.52. The van der Waals surface area contributed by atoms with Gasteiger partial charge in [-0.05, 0) is 6.92 Å². The lowest BCUT2D eigenvalue weighted by molar-refractivity contribution is 0.0779. The molecule has 7 nitrogen and oxygen atoms in total. The average molecular weight is 248 g/mol. The number of rotatable bonds is 3. The van der Waals surface area contributed by atoms with Gasteiger partial charge in [0.05, 0.1) is 5.69 Å². The summed E-state index contributed by atoms with van der Waals surface area (Å²) in [5, 5.41) is 10.6. The van der Waals surface area contributed by atoms with Gasteiger partial charge < -0.3 is 10.6 Å². The van der Waals surface area contributed by atoms with E-state index in [-0.39, 0.29) is 5.91 Å². The number of amides is 1. The topological polar surface area (TPSA) is 92.8 Å². The molecule has 0 atom stereocenters. The first-order valence-electron chi connectivity index (χ1n) is 5.53. The summed E-state index contributed by atoms with van der Waals surface area (Å²) in [7, 11) is 3.58. The zero-order chi connectivity index (χ0) is 13.3. The average Bonchev–Trinajstić information content (AvgIpc) is 2.85. The fourth-order valence-electron chi connectivity index (χ4n) is 1.78. The van der Waals surface area contributed by atoms with E-state index in [1.807, 2.05) is 20.2 Å². The lowest BCUT2D eigenvalue weighted by Crippen LogP contribution is -2.26. The molecule has 3 N–H and O–H groups in total. The summed E-state index contributed by atoms with van der Waals surface area (Å²) in [5.41, 5.74) is 7.79. The normalized spacial score (nSPS) is 10.6. The number of anilines is 1. The van der Waals surface area contributed by atoms with Crippen molar-refractivity contribution < 1.29 is 4.79 Å². The maximum Gasteiger partial charge on any atom is 0.271 e. The summed E-state index contributed by atoms with van der Waals surface area (Å²) < 4.78 is 1.73. The number of carbonyl (C=O) groups excluding carboxylic acids is 1. The Hall–Kier alpha value is -2.31. The minimum atomic E-state index is -0.151. The number of hydrogen-bond acceptors (Lipinski definition) is 4. The molecule has 0 fully saturated rings. The van der Waals surface area contributed by atoms with Gasteiger partial charge in [0.1, 0.15) is 11.5 Å². The number of nitrogens with one attached hydrogen (secondary N) is 1. The van der Waals surface area contributed by atoms with E-state index in [0.29, 0.717) is 18.1 Å². The monoisotopic (exact) mass is 248 g/mol. The summed E-state index contributed by atoms with van der Waals surface area (Å²) in [5.74, 6) is 0.159. The van der Waals surface area contributed by atoms with Crippen molar-refractivity contribution in [3.63, 3.8) is 0 Å². The van der Waals surface area contributed by atoms with E-state index >= 15 is 0 Å². The molecular formula is C11H16N6O. The van der Waals surface area contributed by atoms with Crippen LogP contribution in [0.4, 0.5) is 5.82 Å². The molecule has 2 aromatic rings. The fraction of sp³-hybridized carbons (Fsp3) is 0.364. The quantitative estimate of drug-likeness (QED) is 0.817. The van der Waals surface area contributed by atoms with Gasteiger partial charge in [-0.2, -0.15) is 10.2 Å². The molecule has 2 rings (SSSR count). The smallest absolute Gasteiger partial charge is 0.271 e. The standard InChI is InChI=1S/C11H16N6O/c1-7-8(6-17(3)15-7)5-16(2)11(18)9-4-10(12)14-13-9/h4,6H,5H2,1-3H3,(H3,12,13,14). The fourth-order valence-corrected chi connectivity index (χ4v) is 1.78. The third kappa shape index (κ3) is 2.34. The third-order valence-electron chi connectivity index (χ3n) is 2.70. The summed E-state index contributed by atoms with van der Waals surface area (Å²) in [6.45, 7) is 2.42. The zero-order valence-electron chi connectivity index (χ0n) is 10.6. The van der Waals surface area contributed by atoms with Crippen molar-refractivity contribution in [2.24, 2.45) is 7.05 Å². The first-order valence-corrected chi connectivity index (χ1v) is 5.53. The van der Waals surface area contributed by atoms with Crippen LogP contribution in [0.1, 0.15) is 21.7 Å². The largest absolute Gasteiger partial charge is 0.382 e. The molecule has 1 amide bonds. The molecule has 0 spiro atoms. The Kier molecular flexibility index (Phi) is 3.05. The SMILES string of the molecule is Cc1nn(C)cc1CN(C)C(=O)c1cc(N)n[nH]1. The van der Waals surface area contributed by atoms with Crippen LogP contribution in [0.3, 0.4) is 0 Å². The van der Waals surface area contributed by atoms with Crippen molar-refractivity contribution in [1.29, 1.82) is 0 Å². The lowest BCUT2D eigenvalue weighted by Gasteiger charge is -2.15. The molecule has 0 saturated heterocycles. The Morgan fingerprint density at radius 1 is 1.61 bits per heavy atom. The van der Waals surface area contributed by atoms with Crippen molar-refractivity contribution in [2.45, 2.75) is 13.5 Å². The van der Waals surface area contributed by atoms with Crippen LogP contribution in [0.25, 0.3) is 0 Å². The van der Waals surface area contributed by atoms with Gasteiger partial charge in [-0.3, -0.25) is 14.6 Å². The number of aryl methyl sites for hydroxylation is 2. The first-order chi connectivity index (χ1) is 8.47. The number of nitrogen functional groups attached to an aromatic ring is 1. The van der Waals surface area contributed by atoms with Gasteiger partial charge in [0, 0.05) is 38.5 Å². The van der Waals surface area contributed by atoms with Crippen LogP contribution >= 0.6 is 0 Å². The van der Waals surface area contributed by atoms with Gasteiger partial charge in [0.15, 0.2) is 0 Å². The Morgan fingerprint density at radius 2 is 2.33 bits per heavy atom. The van der Waals surface area contributed by atoms with E-state index in [1.165, 1.54) is 6.07 Å². The molecular weight excluding hydrogens is 232 g/mol. The predicted molar refractivity (Wildman–Crippen MR) is 66.7 cm³/mol. The minimum Gasteiger partial charge on any atom is -0.382 e. The van der Waals surface area contributed by atoms with Gasteiger partial charge in [-0.15, -0.1) is 0 Å². The maximum absolute atomic E-state index is 12.1. The number of aromatic amines is 1. The van der Waals surface area contributed by atoms with Crippen LogP contribution in [0.15, 0.2) is 12.3 Å². The second-order valence-electron chi connectivity index (χ2n) is 4.28. The Balaban J connectivity index is 2.10. The van der Waals surface area contributed by atoms with Crippen molar-refractivity contribution in [3.05, 3.63) is 29.2 Å². The minimum absolute atomic E-state index is 0.151. The van der Waals surface area contributed by atoms with Crippen LogP contribution in [-0.2, 0) is 13.6 Å². The summed E-state index contributed by atoms with van der Waals surface area (Å²) in [4.78, 5) is 13.6. The highest BCUT2D eigenvalue weighted by atomic mass is 16.2. The van der Waals surface area contributed by atoms with E-state index in [9.17, 15) is 4.79 Å². The van der Waals surface area contributed by atoms with E-state index in [0.717, 1.165) is 11.3 Å². The second-order valence-corrected chi connectivity index (χ2v) is 4.28. The van der Waals surface area contributed by atoms with E-state index in [2.05, 4.69) is 15.3 Å². The van der Waals surface area contributed by atoms with Gasteiger partial charge >= 0.3 is 0 Å². The molecule has 0 aromatic carbocycles. The molecule has 0 radical (unpaired) electrons. The highest BCUT2D eigenvalue weighted by molar-refractivity contribution is 5.92. The Labute approximate surface area is 105 Å². The molecule has 96 valence electrons. The summed E-state index contributed by atoms with van der Waals surface area (Å²) in [6, 6.07) is 1.52. The van der Waals surface area contributed by atoms with E-state index in [1.54, 1.807) is 16.6 Å². The molecule has 0 unspecified atom stereocenters. The number of H-pyrrole nitrogens is 1. The van der Waals surface area contributed by atoms with Gasteiger partial charge in [-0.25, -0.2) is 0 Å². The highest BCUT2D eigenvalue weighted by Gasteiger charge is 2.16. The van der Waals surface area contributed by atoms with Crippen LogP contribution in [0.2, 0.25) is 0 Å². The van der Waals surface area contributed by atoms with Gasteiger partial charge in [0.2, 0.25) is 0 Å². The number of aromatic nitrogens is 4. The third-order valence-corrected chi connectivity index (χ3v) is 2.70. The molecule has 18 heavy (non-hydrogen) atoms. The number of carbonyl (C=O) groups is 1. The molecule has 0 bridgehead atoms. The van der Waals surface area contributed by atoms with Crippen LogP contribution in [0, 0.1) is 6.92 Å². The van der Waals surface area contributed by atoms with Crippen molar-refractivity contribution in [3.8, 4) is 0 Å². The van der Waals surface area contributed by atoms with Crippen LogP contribution in [-0.4, -0.2) is 37.8 Å². The van der Waals surface area contributed by atoms with Crippen molar-refractivity contribution in [1.82, 2.24) is 24.9 Å². The summed E-state index contributed by atoms with van der Waals surface area (Å²) >= 11 is 0. The van der Waals surface area contributed by atoms with E-state index in [4.69, 9.17) is 5.73 Å². The highest BCUT2D eigenvalue weighted by Crippen LogP contribution is 2.10. The molecule has 2 heterocycles. The molecule has 0 aliphatic heterocycles. The number of nitrogens with two attached hydrogens (primary N) is 1. The van der Waals surface area contributed by atoms with Gasteiger partial charge in [-0.1, -0.05) is 0 Å². The van der Waals surface area contributed by atoms with Crippen molar-refractivity contribution in [2.75, 3.05) is 12.8 Å². The molecule has 2 aromatic heterocycles. The molecule has 0 aliphatic rings. The summed E-state index contributed by atoms with van der Waals surface area (Å²) in [6.07, 6.45) is 1.90. The first kappa shape index (κ1) is 12.2. The number of hydrogen-bond donors (Lipinski definition) is 2. The number of nitrogens with zero attached hydrogens (tertiary/aromatic N) is 4. The molecule has 0 aliphatic carbocycles. The zero-order valence-corrected chi connectivity index (χ0v) is 10.6. The lowest BCUT2D eigenvalue weighted by atomic mass is 10.2. The Bertz CT molecular complexity index is 570. The Morgan fingerprint density at radius 3 is 2.83 bits per heavy atom. The predicted octanol–water partition coefficient (Wildman–Crippen LogP) is 0.306. The van der Waals surface area contributed by atoms with Gasteiger partial charge in [0.25, 0.3) is 5.91 Å². The van der Waals surface area contributed by atoms with E-state index < -0.39 is 0 Å². The molecule has 0 saturated carbocycles. The van der Waals surface area contributed by atoms with Crippen LogP contribution < -0.4 is 5.73 Å².